The molecule has 0 spiro atoms. The van der Waals surface area contributed by atoms with Crippen molar-refractivity contribution in [3.8, 4) is 11.5 Å². The molecular weight excluding hydrogens is 978 g/mol. The van der Waals surface area contributed by atoms with Crippen molar-refractivity contribution in [2.75, 3.05) is 0 Å². The molecule has 21 nitrogen and oxygen atoms in total. The van der Waals surface area contributed by atoms with E-state index in [1.165, 1.54) is 55.5 Å². The molecule has 0 aliphatic carbocycles. The van der Waals surface area contributed by atoms with Crippen molar-refractivity contribution in [2.24, 2.45) is 5.73 Å². The van der Waals surface area contributed by atoms with Gasteiger partial charge in [-0.25, -0.2) is 9.59 Å². The Kier molecular flexibility index (Phi) is 20.7. The molecule has 0 fully saturated rings. The summed E-state index contributed by atoms with van der Waals surface area (Å²) in [7, 11) is 0. The van der Waals surface area contributed by atoms with Crippen molar-refractivity contribution in [1.82, 2.24) is 30.9 Å². The van der Waals surface area contributed by atoms with Crippen LogP contribution in [0, 0.1) is 20.2 Å². The van der Waals surface area contributed by atoms with Crippen LogP contribution in [-0.2, 0) is 15.1 Å². The van der Waals surface area contributed by atoms with Crippen LogP contribution in [0.1, 0.15) is 124 Å². The molecule has 0 unspecified atom stereocenters. The topological polar surface area (TPSA) is 301 Å². The molecule has 0 bridgehead atoms. The van der Waals surface area contributed by atoms with Crippen LogP contribution in [0.25, 0.3) is 0 Å². The standard InChI is InChI=1S/C28H30N4O2.C17H20N4O6.C7H4ClNO4/c1-3-20(2)26-30-27(34-32-26)24(29)19-25(33)31-28(21-13-7-4-8-14-21,22-15-9-5-10-16-22)23-17-11-6-12-18-23;1-4-10(2)15-19-16(27-20-15)14(9-11(3)22)18-17(23)26-13-7-5-12(6-8-13)21(24)25;8-7(10)13-6-3-1-5(2-4-6)9(11)12/h4-18,20,24H,3,19,29H2,1-2H3,(H,31,33);5-8,10,14H,4,9H2,1-3H3,(H,18,23);1-4H/t20-,24-;10-,14-;/m00./s1. The Morgan fingerprint density at radius 1 is 0.649 bits per heavy atom. The van der Waals surface area contributed by atoms with Gasteiger partial charge in [0.2, 0.25) is 17.7 Å². The highest BCUT2D eigenvalue weighted by Gasteiger charge is 2.38. The first kappa shape index (κ1) is 56.2. The van der Waals surface area contributed by atoms with Crippen LogP contribution in [-0.4, -0.2) is 53.3 Å². The summed E-state index contributed by atoms with van der Waals surface area (Å²) < 4.78 is 20.1. The van der Waals surface area contributed by atoms with Crippen LogP contribution in [0.15, 0.2) is 149 Å². The minimum atomic E-state index is -0.978. The normalized spacial score (nSPS) is 12.4. The van der Waals surface area contributed by atoms with E-state index in [-0.39, 0.29) is 71.0 Å². The molecule has 5 aromatic carbocycles. The van der Waals surface area contributed by atoms with Crippen LogP contribution in [0.4, 0.5) is 21.0 Å². The van der Waals surface area contributed by atoms with E-state index < -0.39 is 39.0 Å². The smallest absolute Gasteiger partial charge is 0.413 e. The summed E-state index contributed by atoms with van der Waals surface area (Å²) in [6.45, 7) is 9.38. The highest BCUT2D eigenvalue weighted by Crippen LogP contribution is 2.37. The van der Waals surface area contributed by atoms with Crippen LogP contribution < -0.4 is 25.8 Å². The molecule has 74 heavy (non-hydrogen) atoms. The van der Waals surface area contributed by atoms with Gasteiger partial charge in [0, 0.05) is 54.1 Å². The number of rotatable bonds is 19. The molecule has 386 valence electrons. The summed E-state index contributed by atoms with van der Waals surface area (Å²) in [5, 5.41) is 34.6. The zero-order valence-electron chi connectivity index (χ0n) is 41.0. The lowest BCUT2D eigenvalue weighted by Gasteiger charge is -2.37. The van der Waals surface area contributed by atoms with E-state index >= 15 is 0 Å². The molecule has 0 aliphatic heterocycles. The lowest BCUT2D eigenvalue weighted by molar-refractivity contribution is -0.385. The molecule has 0 saturated carbocycles. The SMILES string of the molecule is CC[C@H](C)c1noc([C@@H](N)CC(=O)NC(c2ccccc2)(c2ccccc2)c2ccccc2)n1.CC[C@H](C)c1noc([C@H](CC(C)=O)NC(=O)Oc2ccc([N+](=O)[O-])cc2)n1.O=C(Cl)Oc1ccc([N+](=O)[O-])cc1. The van der Waals surface area contributed by atoms with E-state index in [1.54, 1.807) is 0 Å². The Bertz CT molecular complexity index is 2850. The fraction of sp³-hybridized carbons (Fsp3) is 0.269. The molecular formula is C52H54ClN9O12. The summed E-state index contributed by atoms with van der Waals surface area (Å²) in [5.41, 5.74) is 7.11. The van der Waals surface area contributed by atoms with E-state index in [0.29, 0.717) is 11.6 Å². The van der Waals surface area contributed by atoms with Crippen molar-refractivity contribution >= 4 is 46.2 Å². The predicted octanol–water partition coefficient (Wildman–Crippen LogP) is 10.7. The molecule has 2 amide bonds. The van der Waals surface area contributed by atoms with E-state index in [2.05, 4.69) is 42.6 Å². The van der Waals surface area contributed by atoms with Crippen LogP contribution in [0.3, 0.4) is 0 Å². The number of ketones is 1. The summed E-state index contributed by atoms with van der Waals surface area (Å²) in [6.07, 6.45) is 0.820. The lowest BCUT2D eigenvalue weighted by Crippen LogP contribution is -2.48. The van der Waals surface area contributed by atoms with E-state index in [4.69, 9.17) is 31.1 Å². The van der Waals surface area contributed by atoms with Gasteiger partial charge in [-0.15, -0.1) is 0 Å². The molecule has 4 atom stereocenters. The molecule has 0 radical (unpaired) electrons. The van der Waals surface area contributed by atoms with Crippen LogP contribution >= 0.6 is 11.6 Å². The van der Waals surface area contributed by atoms with Gasteiger partial charge in [-0.05, 0) is 60.7 Å². The van der Waals surface area contributed by atoms with Gasteiger partial charge in [-0.2, -0.15) is 9.97 Å². The number of benzene rings is 5. The van der Waals surface area contributed by atoms with Gasteiger partial charge in [-0.1, -0.05) is 129 Å². The number of nitrogens with zero attached hydrogens (tertiary/aromatic N) is 6. The number of hydrogen-bond donors (Lipinski definition) is 3. The summed E-state index contributed by atoms with van der Waals surface area (Å²) >= 11 is 4.92. The molecule has 2 aromatic heterocycles. The summed E-state index contributed by atoms with van der Waals surface area (Å²) in [6, 6.07) is 38.4. The Morgan fingerprint density at radius 2 is 1.05 bits per heavy atom. The van der Waals surface area contributed by atoms with E-state index in [1.807, 2.05) is 112 Å². The number of nitro groups is 2. The highest BCUT2D eigenvalue weighted by atomic mass is 35.5. The van der Waals surface area contributed by atoms with Gasteiger partial charge in [0.25, 0.3) is 11.4 Å². The number of amides is 2. The Balaban J connectivity index is 0.000000225. The molecule has 0 aliphatic rings. The number of carbonyl (C=O) groups is 4. The number of nitro benzene ring substituents is 2. The Hall–Kier alpha value is -8.69. The second kappa shape index (κ2) is 27.2. The third-order valence-corrected chi connectivity index (χ3v) is 11.4. The molecule has 0 saturated heterocycles. The number of aromatic nitrogens is 4. The zero-order valence-corrected chi connectivity index (χ0v) is 41.7. The quantitative estimate of drug-likeness (QED) is 0.0293. The first-order valence-corrected chi connectivity index (χ1v) is 23.6. The number of halogens is 1. The molecule has 22 heteroatoms. The Morgan fingerprint density at radius 3 is 1.45 bits per heavy atom. The van der Waals surface area contributed by atoms with Gasteiger partial charge in [0.1, 0.15) is 28.9 Å². The van der Waals surface area contributed by atoms with Gasteiger partial charge in [-0.3, -0.25) is 29.8 Å². The largest absolute Gasteiger partial charge is 0.414 e. The zero-order chi connectivity index (χ0) is 53.8. The molecule has 2 heterocycles. The maximum atomic E-state index is 13.5. The van der Waals surface area contributed by atoms with Crippen molar-refractivity contribution in [2.45, 2.75) is 89.8 Å². The fourth-order valence-corrected chi connectivity index (χ4v) is 7.10. The first-order chi connectivity index (χ1) is 35.4. The van der Waals surface area contributed by atoms with Gasteiger partial charge >= 0.3 is 11.5 Å². The predicted molar refractivity (Wildman–Crippen MR) is 270 cm³/mol. The molecule has 7 rings (SSSR count). The average molecular weight is 1030 g/mol. The second-order valence-electron chi connectivity index (χ2n) is 16.6. The third-order valence-electron chi connectivity index (χ3n) is 11.3. The van der Waals surface area contributed by atoms with Crippen molar-refractivity contribution in [3.63, 3.8) is 0 Å². The maximum Gasteiger partial charge on any atom is 0.413 e. The number of non-ortho nitro benzene ring substituents is 2. The summed E-state index contributed by atoms with van der Waals surface area (Å²) in [4.78, 5) is 75.8. The molecule has 7 aromatic rings. The summed E-state index contributed by atoms with van der Waals surface area (Å²) in [5.74, 6) is 1.62. The number of nitrogens with two attached hydrogens (primary N) is 1. The van der Waals surface area contributed by atoms with E-state index in [9.17, 15) is 39.4 Å². The molecule has 4 N–H and O–H groups in total. The van der Waals surface area contributed by atoms with Crippen LogP contribution in [0.5, 0.6) is 11.5 Å². The van der Waals surface area contributed by atoms with Crippen molar-refractivity contribution in [3.05, 3.63) is 200 Å². The number of Topliss-reactive ketones (excluding diaryl/α,β-unsaturated/α-hetero) is 1. The van der Waals surface area contributed by atoms with Gasteiger partial charge < -0.3 is 34.9 Å². The number of hydrogen-bond acceptors (Lipinski definition) is 17. The maximum absolute atomic E-state index is 13.5. The number of carbonyl (C=O) groups excluding carboxylic acids is 4. The Labute approximate surface area is 430 Å². The van der Waals surface area contributed by atoms with Crippen LogP contribution in [0.2, 0.25) is 0 Å². The minimum Gasteiger partial charge on any atom is -0.414 e. The number of ether oxygens (including phenoxy) is 2. The fourth-order valence-electron chi connectivity index (χ4n) is 7.01. The first-order valence-electron chi connectivity index (χ1n) is 23.2. The van der Waals surface area contributed by atoms with E-state index in [0.717, 1.165) is 29.5 Å². The third kappa shape index (κ3) is 15.9. The highest BCUT2D eigenvalue weighted by molar-refractivity contribution is 6.61. The van der Waals surface area contributed by atoms with Gasteiger partial charge in [0.05, 0.1) is 22.3 Å². The second-order valence-corrected chi connectivity index (χ2v) is 16.9. The average Bonchev–Trinajstić information content (AvgIpc) is 4.11. The van der Waals surface area contributed by atoms with Crippen molar-refractivity contribution < 1.29 is 47.5 Å². The van der Waals surface area contributed by atoms with Gasteiger partial charge in [0.15, 0.2) is 11.6 Å². The lowest BCUT2D eigenvalue weighted by atomic mass is 9.77. The minimum absolute atomic E-state index is 0.0103. The number of nitrogens with one attached hydrogen (secondary N) is 2. The van der Waals surface area contributed by atoms with Crippen molar-refractivity contribution in [1.29, 1.82) is 0 Å². The monoisotopic (exact) mass is 1030 g/mol.